The molecule has 0 radical (unpaired) electrons. The summed E-state index contributed by atoms with van der Waals surface area (Å²) >= 11 is 12.4. The Kier molecular flexibility index (Phi) is 5.44. The van der Waals surface area contributed by atoms with Crippen LogP contribution < -0.4 is 5.73 Å². The van der Waals surface area contributed by atoms with Crippen molar-refractivity contribution in [2.45, 2.75) is 12.3 Å². The van der Waals surface area contributed by atoms with Gasteiger partial charge in [-0.3, -0.25) is 4.79 Å². The van der Waals surface area contributed by atoms with E-state index in [9.17, 15) is 4.79 Å². The zero-order chi connectivity index (χ0) is 17.1. The van der Waals surface area contributed by atoms with Gasteiger partial charge in [-0.05, 0) is 35.7 Å². The average molecular weight is 363 g/mol. The summed E-state index contributed by atoms with van der Waals surface area (Å²) in [6.45, 7) is 1.93. The van der Waals surface area contributed by atoms with E-state index in [-0.39, 0.29) is 24.2 Å². The molecule has 1 fully saturated rings. The molecular formula is C19H20Cl2N2O. The Hall–Kier alpha value is -1.55. The minimum atomic E-state index is 0.0434. The summed E-state index contributed by atoms with van der Waals surface area (Å²) < 4.78 is 0. The van der Waals surface area contributed by atoms with Crippen molar-refractivity contribution in [3.8, 4) is 0 Å². The SMILES string of the molecule is NC[C@@H]1CN(C(=O)Cc2c(Cl)cccc2Cl)C[C@H]1c1ccccc1. The fourth-order valence-corrected chi connectivity index (χ4v) is 3.89. The number of hydrogen-bond donors (Lipinski definition) is 1. The average Bonchev–Trinajstić information content (AvgIpc) is 3.03. The van der Waals surface area contributed by atoms with Gasteiger partial charge in [-0.1, -0.05) is 59.6 Å². The summed E-state index contributed by atoms with van der Waals surface area (Å²) in [4.78, 5) is 14.6. The van der Waals surface area contributed by atoms with E-state index in [4.69, 9.17) is 28.9 Å². The fourth-order valence-electron chi connectivity index (χ4n) is 3.36. The van der Waals surface area contributed by atoms with Gasteiger partial charge < -0.3 is 10.6 Å². The van der Waals surface area contributed by atoms with Crippen LogP contribution in [0.2, 0.25) is 10.0 Å². The maximum Gasteiger partial charge on any atom is 0.227 e. The smallest absolute Gasteiger partial charge is 0.227 e. The number of nitrogens with zero attached hydrogens (tertiary/aromatic N) is 1. The first-order chi connectivity index (χ1) is 11.6. The van der Waals surface area contributed by atoms with Crippen molar-refractivity contribution in [1.29, 1.82) is 0 Å². The number of carbonyl (C=O) groups is 1. The van der Waals surface area contributed by atoms with Crippen molar-refractivity contribution in [3.05, 3.63) is 69.7 Å². The summed E-state index contributed by atoms with van der Waals surface area (Å²) in [7, 11) is 0. The molecule has 1 amide bonds. The summed E-state index contributed by atoms with van der Waals surface area (Å²) in [5, 5.41) is 1.06. The molecule has 126 valence electrons. The first-order valence-corrected chi connectivity index (χ1v) is 8.81. The van der Waals surface area contributed by atoms with Gasteiger partial charge >= 0.3 is 0 Å². The molecular weight excluding hydrogens is 343 g/mol. The topological polar surface area (TPSA) is 46.3 Å². The Morgan fingerprint density at radius 3 is 2.33 bits per heavy atom. The van der Waals surface area contributed by atoms with E-state index < -0.39 is 0 Å². The molecule has 1 aliphatic heterocycles. The zero-order valence-corrected chi connectivity index (χ0v) is 14.8. The van der Waals surface area contributed by atoms with E-state index >= 15 is 0 Å². The maximum atomic E-state index is 12.7. The highest BCUT2D eigenvalue weighted by molar-refractivity contribution is 6.36. The van der Waals surface area contributed by atoms with Crippen molar-refractivity contribution < 1.29 is 4.79 Å². The van der Waals surface area contributed by atoms with E-state index in [0.717, 1.165) is 0 Å². The third kappa shape index (κ3) is 3.59. The normalized spacial score (nSPS) is 20.4. The quantitative estimate of drug-likeness (QED) is 0.900. The van der Waals surface area contributed by atoms with Crippen LogP contribution in [0.4, 0.5) is 0 Å². The van der Waals surface area contributed by atoms with E-state index in [1.807, 2.05) is 23.1 Å². The number of nitrogens with two attached hydrogens (primary N) is 1. The minimum Gasteiger partial charge on any atom is -0.341 e. The van der Waals surface area contributed by atoms with Crippen LogP contribution in [0.1, 0.15) is 17.0 Å². The summed E-state index contributed by atoms with van der Waals surface area (Å²) in [6.07, 6.45) is 0.220. The van der Waals surface area contributed by atoms with Crippen LogP contribution in [0.15, 0.2) is 48.5 Å². The van der Waals surface area contributed by atoms with Gasteiger partial charge in [-0.25, -0.2) is 0 Å². The van der Waals surface area contributed by atoms with Gasteiger partial charge in [0.05, 0.1) is 6.42 Å². The molecule has 2 aromatic carbocycles. The Morgan fingerprint density at radius 1 is 1.04 bits per heavy atom. The maximum absolute atomic E-state index is 12.7. The van der Waals surface area contributed by atoms with Crippen molar-refractivity contribution >= 4 is 29.1 Å². The predicted octanol–water partition coefficient (Wildman–Crippen LogP) is 3.74. The molecule has 1 heterocycles. The molecule has 0 spiro atoms. The first-order valence-electron chi connectivity index (χ1n) is 8.05. The predicted molar refractivity (Wildman–Crippen MR) is 98.5 cm³/mol. The van der Waals surface area contributed by atoms with Crippen molar-refractivity contribution in [2.75, 3.05) is 19.6 Å². The molecule has 3 rings (SSSR count). The second-order valence-corrected chi connectivity index (χ2v) is 7.00. The molecule has 2 N–H and O–H groups in total. The highest BCUT2D eigenvalue weighted by atomic mass is 35.5. The lowest BCUT2D eigenvalue weighted by Crippen LogP contribution is -2.31. The lowest BCUT2D eigenvalue weighted by Gasteiger charge is -2.17. The Balaban J connectivity index is 1.75. The molecule has 1 aliphatic rings. The van der Waals surface area contributed by atoms with Gasteiger partial charge in [0, 0.05) is 29.1 Å². The molecule has 0 bridgehead atoms. The third-order valence-electron chi connectivity index (χ3n) is 4.71. The highest BCUT2D eigenvalue weighted by Crippen LogP contribution is 2.33. The lowest BCUT2D eigenvalue weighted by molar-refractivity contribution is -0.129. The van der Waals surface area contributed by atoms with Crippen LogP contribution in [0, 0.1) is 5.92 Å². The standard InChI is InChI=1S/C19H20Cl2N2O/c20-17-7-4-8-18(21)15(17)9-19(24)23-11-14(10-22)16(12-23)13-5-2-1-3-6-13/h1-8,14,16H,9-12,22H2/t14-,16+/m1/s1. The van der Waals surface area contributed by atoms with Crippen molar-refractivity contribution in [1.82, 2.24) is 4.90 Å². The largest absolute Gasteiger partial charge is 0.341 e. The fraction of sp³-hybridized carbons (Fsp3) is 0.316. The van der Waals surface area contributed by atoms with Gasteiger partial charge in [-0.15, -0.1) is 0 Å². The molecule has 0 aliphatic carbocycles. The molecule has 0 unspecified atom stereocenters. The number of carbonyl (C=O) groups excluding carboxylic acids is 1. The number of benzene rings is 2. The number of halogens is 2. The van der Waals surface area contributed by atoms with E-state index in [1.165, 1.54) is 5.56 Å². The molecule has 5 heteroatoms. The van der Waals surface area contributed by atoms with Crippen LogP contribution in [-0.4, -0.2) is 30.4 Å². The zero-order valence-electron chi connectivity index (χ0n) is 13.3. The molecule has 2 atom stereocenters. The summed E-state index contributed by atoms with van der Waals surface area (Å²) in [5.74, 6) is 0.599. The second kappa shape index (κ2) is 7.56. The summed E-state index contributed by atoms with van der Waals surface area (Å²) in [6, 6.07) is 15.6. The molecule has 24 heavy (non-hydrogen) atoms. The van der Waals surface area contributed by atoms with Crippen molar-refractivity contribution in [2.24, 2.45) is 11.7 Å². The molecule has 0 aromatic heterocycles. The number of hydrogen-bond acceptors (Lipinski definition) is 2. The van der Waals surface area contributed by atoms with Gasteiger partial charge in [-0.2, -0.15) is 0 Å². The number of rotatable bonds is 4. The molecule has 0 saturated carbocycles. The van der Waals surface area contributed by atoms with Gasteiger partial charge in [0.25, 0.3) is 0 Å². The first kappa shape index (κ1) is 17.3. The Bertz CT molecular complexity index is 700. The Labute approximate surface area is 152 Å². The van der Waals surface area contributed by atoms with Gasteiger partial charge in [0.2, 0.25) is 5.91 Å². The number of amides is 1. The van der Waals surface area contributed by atoms with Crippen LogP contribution in [0.3, 0.4) is 0 Å². The summed E-state index contributed by atoms with van der Waals surface area (Å²) in [5.41, 5.74) is 7.87. The minimum absolute atomic E-state index is 0.0434. The molecule has 1 saturated heterocycles. The monoisotopic (exact) mass is 362 g/mol. The van der Waals surface area contributed by atoms with Gasteiger partial charge in [0.15, 0.2) is 0 Å². The molecule has 2 aromatic rings. The lowest BCUT2D eigenvalue weighted by atomic mass is 9.89. The van der Waals surface area contributed by atoms with E-state index in [0.29, 0.717) is 35.2 Å². The van der Waals surface area contributed by atoms with Crippen LogP contribution >= 0.6 is 23.2 Å². The van der Waals surface area contributed by atoms with Crippen LogP contribution in [0.25, 0.3) is 0 Å². The van der Waals surface area contributed by atoms with E-state index in [1.54, 1.807) is 18.2 Å². The molecule has 3 nitrogen and oxygen atoms in total. The third-order valence-corrected chi connectivity index (χ3v) is 5.42. The Morgan fingerprint density at radius 2 is 1.71 bits per heavy atom. The van der Waals surface area contributed by atoms with E-state index in [2.05, 4.69) is 12.1 Å². The van der Waals surface area contributed by atoms with Crippen LogP contribution in [-0.2, 0) is 11.2 Å². The second-order valence-electron chi connectivity index (χ2n) is 6.19. The highest BCUT2D eigenvalue weighted by Gasteiger charge is 2.35. The number of likely N-dealkylation sites (tertiary alicyclic amines) is 1. The van der Waals surface area contributed by atoms with Crippen molar-refractivity contribution in [3.63, 3.8) is 0 Å². The van der Waals surface area contributed by atoms with Gasteiger partial charge in [0.1, 0.15) is 0 Å². The van der Waals surface area contributed by atoms with Crippen LogP contribution in [0.5, 0.6) is 0 Å².